The van der Waals surface area contributed by atoms with E-state index in [0.717, 1.165) is 65.5 Å². The third-order valence-electron chi connectivity index (χ3n) is 8.08. The minimum atomic E-state index is -0.615. The standard InChI is InChI=1S/C29H30N8O/c30-27-26-23(21-6-7-22-17-36(34-24(22)14-21)16-19-4-2-1-3-5-19)15-25(37(26)33-18-32-27)20-8-12-35(13-9-20)28(38)29(31)10-11-29/h1-7,14-15,17-18,20H,8-13,16,31H2,(H2,30,32,33). The Bertz CT molecular complexity index is 1660. The molecular weight excluding hydrogens is 476 g/mol. The van der Waals surface area contributed by atoms with Gasteiger partial charge in [-0.05, 0) is 48.9 Å². The molecule has 9 heteroatoms. The summed E-state index contributed by atoms with van der Waals surface area (Å²) >= 11 is 0. The van der Waals surface area contributed by atoms with Gasteiger partial charge in [-0.25, -0.2) is 9.50 Å². The smallest absolute Gasteiger partial charge is 0.242 e. The van der Waals surface area contributed by atoms with E-state index in [2.05, 4.69) is 52.7 Å². The predicted molar refractivity (Wildman–Crippen MR) is 146 cm³/mol. The number of aromatic nitrogens is 5. The second kappa shape index (κ2) is 8.66. The number of carbonyl (C=O) groups excluding carboxylic acids is 1. The summed E-state index contributed by atoms with van der Waals surface area (Å²) in [5, 5.41) is 10.5. The van der Waals surface area contributed by atoms with Gasteiger partial charge < -0.3 is 16.4 Å². The Hall–Kier alpha value is -4.24. The largest absolute Gasteiger partial charge is 0.382 e. The van der Waals surface area contributed by atoms with Crippen molar-refractivity contribution in [1.29, 1.82) is 0 Å². The molecule has 5 aromatic rings. The van der Waals surface area contributed by atoms with Crippen LogP contribution in [0.2, 0.25) is 0 Å². The van der Waals surface area contributed by atoms with Crippen LogP contribution in [-0.2, 0) is 11.3 Å². The highest BCUT2D eigenvalue weighted by molar-refractivity contribution is 5.92. The summed E-state index contributed by atoms with van der Waals surface area (Å²) in [6, 6.07) is 18.8. The lowest BCUT2D eigenvalue weighted by molar-refractivity contribution is -0.134. The molecule has 0 radical (unpaired) electrons. The number of benzene rings is 2. The highest BCUT2D eigenvalue weighted by atomic mass is 16.2. The van der Waals surface area contributed by atoms with E-state index in [1.54, 1.807) is 0 Å². The molecule has 1 amide bonds. The SMILES string of the molecule is Nc1ncnn2c(C3CCN(C(=O)C4(N)CC4)CC3)cc(-c3ccc4cn(Cc5ccccc5)nc4c3)c12. The number of likely N-dealkylation sites (tertiary alicyclic amines) is 1. The van der Waals surface area contributed by atoms with Gasteiger partial charge in [-0.3, -0.25) is 9.48 Å². The molecule has 0 atom stereocenters. The van der Waals surface area contributed by atoms with Gasteiger partial charge in [0.25, 0.3) is 0 Å². The zero-order valence-corrected chi connectivity index (χ0v) is 21.1. The fourth-order valence-corrected chi connectivity index (χ4v) is 5.73. The molecule has 1 saturated heterocycles. The van der Waals surface area contributed by atoms with Gasteiger partial charge in [0.15, 0.2) is 5.82 Å². The van der Waals surface area contributed by atoms with Crippen LogP contribution < -0.4 is 11.5 Å². The van der Waals surface area contributed by atoms with Crippen LogP contribution in [0.5, 0.6) is 0 Å². The second-order valence-corrected chi connectivity index (χ2v) is 10.7. The monoisotopic (exact) mass is 506 g/mol. The zero-order chi connectivity index (χ0) is 25.9. The molecule has 0 spiro atoms. The van der Waals surface area contributed by atoms with Gasteiger partial charge in [0, 0.05) is 41.8 Å². The highest BCUT2D eigenvalue weighted by Gasteiger charge is 2.48. The number of hydrogen-bond donors (Lipinski definition) is 2. The second-order valence-electron chi connectivity index (χ2n) is 10.7. The van der Waals surface area contributed by atoms with Gasteiger partial charge in [0.2, 0.25) is 5.91 Å². The van der Waals surface area contributed by atoms with E-state index in [-0.39, 0.29) is 11.8 Å². The fourth-order valence-electron chi connectivity index (χ4n) is 5.73. The normalized spacial score (nSPS) is 17.3. The molecule has 0 unspecified atom stereocenters. The Balaban J connectivity index is 1.21. The molecule has 4 heterocycles. The van der Waals surface area contributed by atoms with Crippen molar-refractivity contribution in [3.63, 3.8) is 0 Å². The van der Waals surface area contributed by atoms with Gasteiger partial charge in [-0.2, -0.15) is 10.2 Å². The van der Waals surface area contributed by atoms with Crippen LogP contribution in [0.15, 0.2) is 67.1 Å². The molecular formula is C29H30N8O. The van der Waals surface area contributed by atoms with Crippen LogP contribution in [0.25, 0.3) is 27.5 Å². The first kappa shape index (κ1) is 22.9. The highest BCUT2D eigenvalue weighted by Crippen LogP contribution is 2.39. The van der Waals surface area contributed by atoms with E-state index in [0.29, 0.717) is 18.9 Å². The Labute approximate surface area is 220 Å². The van der Waals surface area contributed by atoms with Crippen LogP contribution in [0.4, 0.5) is 5.82 Å². The molecule has 2 aromatic carbocycles. The van der Waals surface area contributed by atoms with E-state index in [1.165, 1.54) is 11.9 Å². The van der Waals surface area contributed by atoms with Gasteiger partial charge in [0.1, 0.15) is 11.8 Å². The topological polar surface area (TPSA) is 120 Å². The van der Waals surface area contributed by atoms with Gasteiger partial charge in [-0.15, -0.1) is 0 Å². The quantitative estimate of drug-likeness (QED) is 0.376. The van der Waals surface area contributed by atoms with Crippen LogP contribution in [-0.4, -0.2) is 53.8 Å². The molecule has 4 N–H and O–H groups in total. The minimum absolute atomic E-state index is 0.100. The Morgan fingerprint density at radius 2 is 1.84 bits per heavy atom. The Kier molecular flexibility index (Phi) is 5.23. The van der Waals surface area contributed by atoms with E-state index >= 15 is 0 Å². The number of anilines is 1. The average Bonchev–Trinajstić information content (AvgIpc) is 3.38. The maximum atomic E-state index is 12.7. The van der Waals surface area contributed by atoms with Gasteiger partial charge >= 0.3 is 0 Å². The third-order valence-corrected chi connectivity index (χ3v) is 8.08. The molecule has 2 fully saturated rings. The van der Waals surface area contributed by atoms with Crippen LogP contribution in [0.1, 0.15) is 42.9 Å². The van der Waals surface area contributed by atoms with Crippen molar-refractivity contribution < 1.29 is 4.79 Å². The molecule has 9 nitrogen and oxygen atoms in total. The van der Waals surface area contributed by atoms with E-state index in [4.69, 9.17) is 16.6 Å². The Morgan fingerprint density at radius 1 is 1.05 bits per heavy atom. The van der Waals surface area contributed by atoms with Crippen LogP contribution in [0.3, 0.4) is 0 Å². The van der Waals surface area contributed by atoms with Crippen LogP contribution in [0, 0.1) is 0 Å². The lowest BCUT2D eigenvalue weighted by Crippen LogP contribution is -2.48. The van der Waals surface area contributed by atoms with Crippen molar-refractivity contribution >= 4 is 28.1 Å². The number of nitrogens with two attached hydrogens (primary N) is 2. The van der Waals surface area contributed by atoms with Crippen molar-refractivity contribution in [2.24, 2.45) is 5.73 Å². The first-order chi connectivity index (χ1) is 18.5. The van der Waals surface area contributed by atoms with Crippen molar-refractivity contribution in [3.8, 4) is 11.1 Å². The summed E-state index contributed by atoms with van der Waals surface area (Å²) in [5.74, 6) is 0.807. The third kappa shape index (κ3) is 3.90. The summed E-state index contributed by atoms with van der Waals surface area (Å²) in [7, 11) is 0. The summed E-state index contributed by atoms with van der Waals surface area (Å²) in [6.45, 7) is 2.13. The summed E-state index contributed by atoms with van der Waals surface area (Å²) in [4.78, 5) is 19.0. The maximum absolute atomic E-state index is 12.7. The number of hydrogen-bond acceptors (Lipinski definition) is 6. The molecule has 3 aromatic heterocycles. The molecule has 7 rings (SSSR count). The fraction of sp³-hybridized carbons (Fsp3) is 0.310. The maximum Gasteiger partial charge on any atom is 0.242 e. The lowest BCUT2D eigenvalue weighted by atomic mass is 9.92. The molecule has 1 aliphatic heterocycles. The van der Waals surface area contributed by atoms with Gasteiger partial charge in [0.05, 0.1) is 17.6 Å². The molecule has 192 valence electrons. The summed E-state index contributed by atoms with van der Waals surface area (Å²) in [5.41, 5.74) is 18.0. The van der Waals surface area contributed by atoms with E-state index in [9.17, 15) is 4.79 Å². The van der Waals surface area contributed by atoms with E-state index in [1.807, 2.05) is 32.3 Å². The molecule has 2 aliphatic rings. The number of amides is 1. The Morgan fingerprint density at radius 3 is 2.61 bits per heavy atom. The number of nitrogen functional groups attached to an aromatic ring is 1. The van der Waals surface area contributed by atoms with Crippen molar-refractivity contribution in [1.82, 2.24) is 29.3 Å². The number of piperidine rings is 1. The summed E-state index contributed by atoms with van der Waals surface area (Å²) < 4.78 is 3.91. The first-order valence-electron chi connectivity index (χ1n) is 13.2. The zero-order valence-electron chi connectivity index (χ0n) is 21.1. The number of nitrogens with zero attached hydrogens (tertiary/aromatic N) is 6. The van der Waals surface area contributed by atoms with Gasteiger partial charge in [-0.1, -0.05) is 42.5 Å². The molecule has 38 heavy (non-hydrogen) atoms. The van der Waals surface area contributed by atoms with Crippen molar-refractivity contribution in [2.75, 3.05) is 18.8 Å². The number of carbonyl (C=O) groups is 1. The summed E-state index contributed by atoms with van der Waals surface area (Å²) in [6.07, 6.45) is 6.90. The first-order valence-corrected chi connectivity index (χ1v) is 13.2. The lowest BCUT2D eigenvalue weighted by Gasteiger charge is -2.33. The predicted octanol–water partition coefficient (Wildman–Crippen LogP) is 3.57. The number of fused-ring (bicyclic) bond motifs is 2. The molecule has 0 bridgehead atoms. The van der Waals surface area contributed by atoms with Crippen molar-refractivity contribution in [2.45, 2.75) is 43.7 Å². The molecule has 1 saturated carbocycles. The minimum Gasteiger partial charge on any atom is -0.382 e. The average molecular weight is 507 g/mol. The number of rotatable bonds is 5. The van der Waals surface area contributed by atoms with Crippen molar-refractivity contribution in [3.05, 3.63) is 78.4 Å². The molecule has 1 aliphatic carbocycles. The van der Waals surface area contributed by atoms with E-state index < -0.39 is 5.54 Å². The van der Waals surface area contributed by atoms with Crippen LogP contribution >= 0.6 is 0 Å².